The molecule has 1 aromatic carbocycles. The van der Waals surface area contributed by atoms with Gasteiger partial charge in [0.05, 0.1) is 6.04 Å². The Kier molecular flexibility index (Phi) is 7.84. The average Bonchev–Trinajstić information content (AvgIpc) is 2.48. The number of benzene rings is 1. The van der Waals surface area contributed by atoms with Gasteiger partial charge in [0.25, 0.3) is 0 Å². The molecule has 1 N–H and O–H groups in total. The normalized spacial score (nSPS) is 13.9. The fourth-order valence-electron chi connectivity index (χ4n) is 2.30. The van der Waals surface area contributed by atoms with Crippen LogP contribution in [0.3, 0.4) is 0 Å². The van der Waals surface area contributed by atoms with Crippen LogP contribution in [0, 0.1) is 5.92 Å². The number of halogens is 1. The maximum Gasteiger partial charge on any atom is 0.123 e. The van der Waals surface area contributed by atoms with Gasteiger partial charge in [-0.2, -0.15) is 0 Å². The van der Waals surface area contributed by atoms with Crippen LogP contribution in [0.4, 0.5) is 5.69 Å². The standard InChI is InChI=1S/C18H24ClNO/c1-4-6-14(3)18(12-15(13-21)7-5-2)20-17-10-8-16(19)9-11-17/h4,6,8-11,13,15,18,20H,3,5,7,12H2,1-2H3. The number of carbonyl (C=O) groups is 1. The number of nitrogens with one attached hydrogen (secondary N) is 1. The van der Waals surface area contributed by atoms with Crippen molar-refractivity contribution in [1.29, 1.82) is 0 Å². The van der Waals surface area contributed by atoms with E-state index in [0.717, 1.165) is 36.8 Å². The Morgan fingerprint density at radius 3 is 2.57 bits per heavy atom. The maximum atomic E-state index is 11.2. The summed E-state index contributed by atoms with van der Waals surface area (Å²) in [4.78, 5) is 11.2. The van der Waals surface area contributed by atoms with E-state index < -0.39 is 0 Å². The average molecular weight is 306 g/mol. The highest BCUT2D eigenvalue weighted by atomic mass is 35.5. The highest BCUT2D eigenvalue weighted by molar-refractivity contribution is 6.30. The minimum Gasteiger partial charge on any atom is -0.378 e. The van der Waals surface area contributed by atoms with Gasteiger partial charge in [-0.1, -0.05) is 43.7 Å². The second-order valence-corrected chi connectivity index (χ2v) is 5.64. The van der Waals surface area contributed by atoms with Crippen LogP contribution in [-0.2, 0) is 4.79 Å². The van der Waals surface area contributed by atoms with E-state index in [1.165, 1.54) is 0 Å². The molecule has 2 atom stereocenters. The van der Waals surface area contributed by atoms with Crippen molar-refractivity contribution in [3.05, 3.63) is 53.6 Å². The van der Waals surface area contributed by atoms with E-state index in [2.05, 4.69) is 18.8 Å². The van der Waals surface area contributed by atoms with Crippen LogP contribution in [0.2, 0.25) is 5.02 Å². The predicted molar refractivity (Wildman–Crippen MR) is 91.9 cm³/mol. The fraction of sp³-hybridized carbons (Fsp3) is 0.389. The fourth-order valence-corrected chi connectivity index (χ4v) is 2.42. The third-order valence-corrected chi connectivity index (χ3v) is 3.66. The van der Waals surface area contributed by atoms with Crippen molar-refractivity contribution in [2.75, 3.05) is 5.32 Å². The van der Waals surface area contributed by atoms with Gasteiger partial charge in [-0.05, 0) is 49.6 Å². The van der Waals surface area contributed by atoms with Crippen molar-refractivity contribution in [3.8, 4) is 0 Å². The molecule has 0 saturated carbocycles. The molecule has 0 bridgehead atoms. The zero-order valence-corrected chi connectivity index (χ0v) is 13.6. The number of aldehydes is 1. The lowest BCUT2D eigenvalue weighted by atomic mass is 9.92. The molecule has 0 heterocycles. The number of rotatable bonds is 9. The van der Waals surface area contributed by atoms with Gasteiger partial charge >= 0.3 is 0 Å². The predicted octanol–water partition coefficient (Wildman–Crippen LogP) is 5.26. The first-order valence-electron chi connectivity index (χ1n) is 7.39. The highest BCUT2D eigenvalue weighted by Crippen LogP contribution is 2.22. The van der Waals surface area contributed by atoms with E-state index in [1.54, 1.807) is 0 Å². The van der Waals surface area contributed by atoms with Crippen molar-refractivity contribution in [3.63, 3.8) is 0 Å². The quantitative estimate of drug-likeness (QED) is 0.498. The Labute approximate surface area is 132 Å². The van der Waals surface area contributed by atoms with Crippen LogP contribution in [0.15, 0.2) is 48.6 Å². The van der Waals surface area contributed by atoms with E-state index in [1.807, 2.05) is 43.3 Å². The van der Waals surface area contributed by atoms with Gasteiger partial charge in [0.2, 0.25) is 0 Å². The molecule has 0 amide bonds. The molecular formula is C18H24ClNO. The summed E-state index contributed by atoms with van der Waals surface area (Å²) in [6, 6.07) is 7.62. The lowest BCUT2D eigenvalue weighted by molar-refractivity contribution is -0.111. The molecule has 0 aromatic heterocycles. The molecule has 0 saturated heterocycles. The third kappa shape index (κ3) is 6.17. The molecular weight excluding hydrogens is 282 g/mol. The highest BCUT2D eigenvalue weighted by Gasteiger charge is 2.17. The summed E-state index contributed by atoms with van der Waals surface area (Å²) in [5, 5.41) is 4.16. The number of allylic oxidation sites excluding steroid dienone is 1. The summed E-state index contributed by atoms with van der Waals surface area (Å²) >= 11 is 5.91. The first-order valence-corrected chi connectivity index (χ1v) is 7.77. The van der Waals surface area contributed by atoms with E-state index in [9.17, 15) is 4.79 Å². The van der Waals surface area contributed by atoms with E-state index in [0.29, 0.717) is 5.02 Å². The topological polar surface area (TPSA) is 29.1 Å². The van der Waals surface area contributed by atoms with Crippen molar-refractivity contribution >= 4 is 23.6 Å². The molecule has 2 unspecified atom stereocenters. The van der Waals surface area contributed by atoms with Gasteiger partial charge in [-0.3, -0.25) is 0 Å². The summed E-state index contributed by atoms with van der Waals surface area (Å²) in [6.45, 7) is 8.18. The summed E-state index contributed by atoms with van der Waals surface area (Å²) < 4.78 is 0. The first-order chi connectivity index (χ1) is 10.1. The summed E-state index contributed by atoms with van der Waals surface area (Å²) in [5.41, 5.74) is 1.96. The van der Waals surface area contributed by atoms with Gasteiger partial charge in [0.15, 0.2) is 0 Å². The smallest absolute Gasteiger partial charge is 0.123 e. The Balaban J connectivity index is 2.83. The van der Waals surface area contributed by atoms with Crippen LogP contribution < -0.4 is 5.32 Å². The SMILES string of the molecule is C=C(C=CC)C(CC(C=O)CCC)Nc1ccc(Cl)cc1. The molecule has 3 heteroatoms. The number of hydrogen-bond donors (Lipinski definition) is 1. The molecule has 2 nitrogen and oxygen atoms in total. The van der Waals surface area contributed by atoms with Crippen molar-refractivity contribution in [2.45, 2.75) is 39.2 Å². The van der Waals surface area contributed by atoms with E-state index in [4.69, 9.17) is 11.6 Å². The van der Waals surface area contributed by atoms with Crippen LogP contribution in [0.5, 0.6) is 0 Å². The maximum absolute atomic E-state index is 11.2. The molecule has 21 heavy (non-hydrogen) atoms. The molecule has 0 fully saturated rings. The Hall–Kier alpha value is -1.54. The molecule has 0 aliphatic heterocycles. The van der Waals surface area contributed by atoms with Gasteiger partial charge < -0.3 is 10.1 Å². The van der Waals surface area contributed by atoms with E-state index >= 15 is 0 Å². The zero-order valence-electron chi connectivity index (χ0n) is 12.8. The molecule has 1 aromatic rings. The number of carbonyl (C=O) groups excluding carboxylic acids is 1. The van der Waals surface area contributed by atoms with Crippen molar-refractivity contribution in [2.24, 2.45) is 5.92 Å². The monoisotopic (exact) mass is 305 g/mol. The molecule has 0 aliphatic rings. The minimum atomic E-state index is 0.0455. The van der Waals surface area contributed by atoms with Crippen LogP contribution in [0.1, 0.15) is 33.1 Å². The number of anilines is 1. The summed E-state index contributed by atoms with van der Waals surface area (Å²) in [5.74, 6) is 0.0572. The van der Waals surface area contributed by atoms with Gasteiger partial charge in [0.1, 0.15) is 6.29 Å². The van der Waals surface area contributed by atoms with Crippen LogP contribution in [-0.4, -0.2) is 12.3 Å². The van der Waals surface area contributed by atoms with Gasteiger partial charge in [0, 0.05) is 16.6 Å². The Bertz CT molecular complexity index is 478. The van der Waals surface area contributed by atoms with Crippen LogP contribution in [0.25, 0.3) is 0 Å². The minimum absolute atomic E-state index is 0.0455. The second kappa shape index (κ2) is 9.41. The third-order valence-electron chi connectivity index (χ3n) is 3.40. The zero-order chi connectivity index (χ0) is 15.7. The molecule has 0 radical (unpaired) electrons. The molecule has 0 spiro atoms. The van der Waals surface area contributed by atoms with Crippen molar-refractivity contribution in [1.82, 2.24) is 0 Å². The Morgan fingerprint density at radius 1 is 1.38 bits per heavy atom. The molecule has 1 rings (SSSR count). The number of hydrogen-bond acceptors (Lipinski definition) is 2. The van der Waals surface area contributed by atoms with Gasteiger partial charge in [-0.15, -0.1) is 0 Å². The van der Waals surface area contributed by atoms with Crippen LogP contribution >= 0.6 is 11.6 Å². The van der Waals surface area contributed by atoms with E-state index in [-0.39, 0.29) is 12.0 Å². The van der Waals surface area contributed by atoms with Gasteiger partial charge in [-0.25, -0.2) is 0 Å². The second-order valence-electron chi connectivity index (χ2n) is 5.20. The molecule has 0 aliphatic carbocycles. The molecule has 114 valence electrons. The lowest BCUT2D eigenvalue weighted by Gasteiger charge is -2.23. The summed E-state index contributed by atoms with van der Waals surface area (Å²) in [7, 11) is 0. The Morgan fingerprint density at radius 2 is 2.05 bits per heavy atom. The first kappa shape index (κ1) is 17.5. The largest absolute Gasteiger partial charge is 0.378 e. The summed E-state index contributed by atoms with van der Waals surface area (Å²) in [6.07, 6.45) is 7.68. The lowest BCUT2D eigenvalue weighted by Crippen LogP contribution is -2.25. The van der Waals surface area contributed by atoms with Crippen molar-refractivity contribution < 1.29 is 4.79 Å².